The summed E-state index contributed by atoms with van der Waals surface area (Å²) in [6.07, 6.45) is 6.94. The summed E-state index contributed by atoms with van der Waals surface area (Å²) in [4.78, 5) is 10.7. The van der Waals surface area contributed by atoms with Gasteiger partial charge in [-0.2, -0.15) is 0 Å². The summed E-state index contributed by atoms with van der Waals surface area (Å²) in [6.45, 7) is 12.7. The zero-order chi connectivity index (χ0) is 14.5. The van der Waals surface area contributed by atoms with E-state index in [-0.39, 0.29) is 5.41 Å². The Kier molecular flexibility index (Phi) is 5.05. The summed E-state index contributed by atoms with van der Waals surface area (Å²) < 4.78 is 0. The highest BCUT2D eigenvalue weighted by Crippen LogP contribution is 2.24. The Balaban J connectivity index is 2.82. The van der Waals surface area contributed by atoms with Crippen LogP contribution in [0.4, 0.5) is 0 Å². The molecule has 0 fully saturated rings. The van der Waals surface area contributed by atoms with Gasteiger partial charge in [-0.3, -0.25) is 4.79 Å². The van der Waals surface area contributed by atoms with Gasteiger partial charge in [-0.1, -0.05) is 69.4 Å². The van der Waals surface area contributed by atoms with Gasteiger partial charge in [0.1, 0.15) is 6.29 Å². The van der Waals surface area contributed by atoms with Gasteiger partial charge >= 0.3 is 0 Å². The lowest BCUT2D eigenvalue weighted by molar-refractivity contribution is 0.112. The minimum Gasteiger partial charge on any atom is -0.298 e. The maximum atomic E-state index is 10.7. The van der Waals surface area contributed by atoms with Crippen LogP contribution in [-0.2, 0) is 0 Å². The fraction of sp³-hybridized carbons (Fsp3) is 0.278. The van der Waals surface area contributed by atoms with Crippen LogP contribution in [0.25, 0.3) is 5.57 Å². The van der Waals surface area contributed by atoms with Crippen molar-refractivity contribution >= 4 is 11.9 Å². The maximum Gasteiger partial charge on any atom is 0.150 e. The van der Waals surface area contributed by atoms with Crippen LogP contribution in [0.2, 0.25) is 0 Å². The second kappa shape index (κ2) is 6.33. The normalized spacial score (nSPS) is 12.7. The van der Waals surface area contributed by atoms with Crippen molar-refractivity contribution in [2.75, 3.05) is 0 Å². The van der Waals surface area contributed by atoms with E-state index in [2.05, 4.69) is 40.3 Å². The van der Waals surface area contributed by atoms with Crippen molar-refractivity contribution in [1.82, 2.24) is 0 Å². The monoisotopic (exact) mass is 254 g/mol. The molecule has 0 saturated heterocycles. The van der Waals surface area contributed by atoms with Gasteiger partial charge in [0, 0.05) is 5.56 Å². The molecule has 0 N–H and O–H groups in total. The van der Waals surface area contributed by atoms with Crippen molar-refractivity contribution < 1.29 is 4.79 Å². The fourth-order valence-electron chi connectivity index (χ4n) is 1.47. The zero-order valence-corrected chi connectivity index (χ0v) is 12.2. The van der Waals surface area contributed by atoms with Crippen molar-refractivity contribution in [3.63, 3.8) is 0 Å². The molecule has 100 valence electrons. The van der Waals surface area contributed by atoms with Crippen molar-refractivity contribution in [2.24, 2.45) is 5.41 Å². The molecule has 0 bridgehead atoms. The van der Waals surface area contributed by atoms with Crippen LogP contribution in [-0.4, -0.2) is 6.29 Å². The minimum atomic E-state index is 0.184. The van der Waals surface area contributed by atoms with E-state index in [9.17, 15) is 4.79 Å². The van der Waals surface area contributed by atoms with E-state index in [4.69, 9.17) is 0 Å². The Hall–Kier alpha value is -1.89. The molecule has 0 heterocycles. The van der Waals surface area contributed by atoms with Crippen LogP contribution < -0.4 is 0 Å². The Labute approximate surface area is 116 Å². The predicted molar refractivity (Wildman–Crippen MR) is 83.2 cm³/mol. The molecule has 0 aliphatic heterocycles. The second-order valence-electron chi connectivity index (χ2n) is 5.73. The highest BCUT2D eigenvalue weighted by molar-refractivity contribution is 5.80. The second-order valence-corrected chi connectivity index (χ2v) is 5.73. The van der Waals surface area contributed by atoms with E-state index in [1.807, 2.05) is 30.4 Å². The van der Waals surface area contributed by atoms with E-state index >= 15 is 0 Å². The largest absolute Gasteiger partial charge is 0.298 e. The third-order valence-corrected chi connectivity index (χ3v) is 3.22. The first-order chi connectivity index (χ1) is 8.84. The lowest BCUT2D eigenvalue weighted by atomic mass is 9.87. The van der Waals surface area contributed by atoms with Crippen LogP contribution in [0, 0.1) is 5.41 Å². The van der Waals surface area contributed by atoms with Gasteiger partial charge in [0.15, 0.2) is 0 Å². The van der Waals surface area contributed by atoms with Crippen LogP contribution in [0.15, 0.2) is 54.6 Å². The molecule has 1 aromatic carbocycles. The molecule has 1 nitrogen and oxygen atoms in total. The van der Waals surface area contributed by atoms with Crippen LogP contribution in [0.3, 0.4) is 0 Å². The molecular formula is C18H22O. The maximum absolute atomic E-state index is 10.7. The average molecular weight is 254 g/mol. The van der Waals surface area contributed by atoms with Gasteiger partial charge in [-0.25, -0.2) is 0 Å². The zero-order valence-electron chi connectivity index (χ0n) is 12.2. The molecule has 1 heteroatoms. The topological polar surface area (TPSA) is 17.1 Å². The SMILES string of the molecule is C=C(/C=C\C=C(/C)C(C)(C)C)c1cccc(C=O)c1. The van der Waals surface area contributed by atoms with Crippen molar-refractivity contribution in [3.8, 4) is 0 Å². The summed E-state index contributed by atoms with van der Waals surface area (Å²) in [5, 5.41) is 0. The highest BCUT2D eigenvalue weighted by atomic mass is 16.1. The molecule has 1 rings (SSSR count). The third-order valence-electron chi connectivity index (χ3n) is 3.22. The first-order valence-electron chi connectivity index (χ1n) is 6.44. The standard InChI is InChI=1S/C18H22O/c1-14(8-6-9-15(2)18(3,4)5)17-11-7-10-16(12-17)13-19/h6-13H,1H2,2-5H3/b8-6-,15-9+. The predicted octanol–water partition coefficient (Wildman–Crippen LogP) is 5.06. The number of allylic oxidation sites excluding steroid dienone is 5. The van der Waals surface area contributed by atoms with Gasteiger partial charge in [0.2, 0.25) is 0 Å². The summed E-state index contributed by atoms with van der Waals surface area (Å²) in [5.74, 6) is 0. The summed E-state index contributed by atoms with van der Waals surface area (Å²) in [7, 11) is 0. The van der Waals surface area contributed by atoms with Gasteiger partial charge < -0.3 is 0 Å². The molecule has 0 spiro atoms. The lowest BCUT2D eigenvalue weighted by Gasteiger charge is -2.18. The van der Waals surface area contributed by atoms with Crippen LogP contribution in [0.1, 0.15) is 43.6 Å². The summed E-state index contributed by atoms with van der Waals surface area (Å²) in [6, 6.07) is 7.46. The summed E-state index contributed by atoms with van der Waals surface area (Å²) in [5.41, 5.74) is 4.05. The third kappa shape index (κ3) is 4.70. The first-order valence-corrected chi connectivity index (χ1v) is 6.44. The number of aldehydes is 1. The number of rotatable bonds is 4. The van der Waals surface area contributed by atoms with E-state index in [1.54, 1.807) is 6.07 Å². The molecule has 1 aromatic rings. The van der Waals surface area contributed by atoms with Gasteiger partial charge in [-0.15, -0.1) is 0 Å². The molecule has 0 aromatic heterocycles. The van der Waals surface area contributed by atoms with E-state index in [1.165, 1.54) is 5.57 Å². The van der Waals surface area contributed by atoms with Gasteiger partial charge in [0.05, 0.1) is 0 Å². The number of carbonyl (C=O) groups is 1. The number of carbonyl (C=O) groups excluding carboxylic acids is 1. The van der Waals surface area contributed by atoms with Gasteiger partial charge in [-0.05, 0) is 29.5 Å². The first kappa shape index (κ1) is 15.2. The molecular weight excluding hydrogens is 232 g/mol. The van der Waals surface area contributed by atoms with Gasteiger partial charge in [0.25, 0.3) is 0 Å². The minimum absolute atomic E-state index is 0.184. The van der Waals surface area contributed by atoms with Crippen molar-refractivity contribution in [1.29, 1.82) is 0 Å². The van der Waals surface area contributed by atoms with Crippen LogP contribution in [0.5, 0.6) is 0 Å². The number of hydrogen-bond donors (Lipinski definition) is 0. The summed E-state index contributed by atoms with van der Waals surface area (Å²) >= 11 is 0. The van der Waals surface area contributed by atoms with Crippen molar-refractivity contribution in [3.05, 3.63) is 65.8 Å². The van der Waals surface area contributed by atoms with E-state index in [0.717, 1.165) is 17.4 Å². The molecule has 0 radical (unpaired) electrons. The molecule has 0 aliphatic rings. The van der Waals surface area contributed by atoms with E-state index < -0.39 is 0 Å². The molecule has 0 unspecified atom stereocenters. The van der Waals surface area contributed by atoms with E-state index in [0.29, 0.717) is 5.56 Å². The molecule has 0 saturated carbocycles. The lowest BCUT2D eigenvalue weighted by Crippen LogP contribution is -2.05. The molecule has 0 amide bonds. The average Bonchev–Trinajstić information content (AvgIpc) is 2.37. The molecule has 0 atom stereocenters. The fourth-order valence-corrected chi connectivity index (χ4v) is 1.47. The quantitative estimate of drug-likeness (QED) is 0.542. The molecule has 0 aliphatic carbocycles. The highest BCUT2D eigenvalue weighted by Gasteiger charge is 2.10. The number of hydrogen-bond acceptors (Lipinski definition) is 1. The van der Waals surface area contributed by atoms with Crippen LogP contribution >= 0.6 is 0 Å². The molecule has 19 heavy (non-hydrogen) atoms. The Morgan fingerprint density at radius 3 is 2.53 bits per heavy atom. The smallest absolute Gasteiger partial charge is 0.150 e. The Morgan fingerprint density at radius 2 is 1.95 bits per heavy atom. The van der Waals surface area contributed by atoms with Crippen molar-refractivity contribution in [2.45, 2.75) is 27.7 Å². The number of benzene rings is 1. The Bertz CT molecular complexity index is 525. The Morgan fingerprint density at radius 1 is 1.26 bits per heavy atom.